The fourth-order valence-corrected chi connectivity index (χ4v) is 2.48. The van der Waals surface area contributed by atoms with E-state index in [0.717, 1.165) is 11.1 Å². The summed E-state index contributed by atoms with van der Waals surface area (Å²) < 4.78 is 0. The Morgan fingerprint density at radius 1 is 0.739 bits per heavy atom. The van der Waals surface area contributed by atoms with Crippen molar-refractivity contribution in [1.82, 2.24) is 5.32 Å². The summed E-state index contributed by atoms with van der Waals surface area (Å²) in [6.07, 6.45) is 3.66. The molecule has 116 valence electrons. The molecule has 2 aromatic carbocycles. The second kappa shape index (κ2) is 6.50. The first kappa shape index (κ1) is 15.1. The highest BCUT2D eigenvalue weighted by molar-refractivity contribution is 6.14. The minimum absolute atomic E-state index is 0.0184. The molecule has 0 unspecified atom stereocenters. The van der Waals surface area contributed by atoms with E-state index in [4.69, 9.17) is 0 Å². The Hall–Kier alpha value is -2.85. The molecule has 4 heteroatoms. The average Bonchev–Trinajstić information content (AvgIpc) is 2.55. The van der Waals surface area contributed by atoms with Gasteiger partial charge in [0.15, 0.2) is 5.78 Å². The maximum Gasteiger partial charge on any atom is 0.187 e. The molecule has 1 heterocycles. The fourth-order valence-electron chi connectivity index (χ4n) is 2.48. The van der Waals surface area contributed by atoms with Crippen LogP contribution in [0.3, 0.4) is 0 Å². The molecule has 0 atom stereocenters. The summed E-state index contributed by atoms with van der Waals surface area (Å²) in [5.41, 5.74) is 3.12. The highest BCUT2D eigenvalue weighted by Crippen LogP contribution is 2.19. The zero-order valence-corrected chi connectivity index (χ0v) is 12.5. The first-order valence-corrected chi connectivity index (χ1v) is 7.36. The van der Waals surface area contributed by atoms with E-state index < -0.39 is 0 Å². The molecule has 0 aromatic heterocycles. The largest absolute Gasteiger partial charge is 0.508 e. The predicted octanol–water partition coefficient (Wildman–Crippen LogP) is 2.74. The van der Waals surface area contributed by atoms with Crippen molar-refractivity contribution in [3.63, 3.8) is 0 Å². The maximum absolute atomic E-state index is 12.6. The van der Waals surface area contributed by atoms with Gasteiger partial charge in [0.05, 0.1) is 0 Å². The van der Waals surface area contributed by atoms with Crippen LogP contribution in [0, 0.1) is 0 Å². The Morgan fingerprint density at radius 2 is 1.13 bits per heavy atom. The van der Waals surface area contributed by atoms with E-state index in [1.807, 2.05) is 12.2 Å². The molecule has 0 amide bonds. The van der Waals surface area contributed by atoms with Gasteiger partial charge in [-0.1, -0.05) is 24.3 Å². The molecule has 4 nitrogen and oxygen atoms in total. The van der Waals surface area contributed by atoms with Gasteiger partial charge in [0.1, 0.15) is 11.5 Å². The smallest absolute Gasteiger partial charge is 0.187 e. The van der Waals surface area contributed by atoms with Crippen LogP contribution < -0.4 is 5.32 Å². The van der Waals surface area contributed by atoms with Crippen molar-refractivity contribution in [3.8, 4) is 11.5 Å². The summed E-state index contributed by atoms with van der Waals surface area (Å²) in [5, 5.41) is 21.8. The maximum atomic E-state index is 12.6. The first-order chi connectivity index (χ1) is 11.1. The summed E-state index contributed by atoms with van der Waals surface area (Å²) >= 11 is 0. The lowest BCUT2D eigenvalue weighted by molar-refractivity contribution is -0.112. The SMILES string of the molecule is O=C1/C(=C/c2ccc(O)cc2)CNC/C1=C\c1ccc(O)cc1. The van der Waals surface area contributed by atoms with Crippen LogP contribution in [-0.4, -0.2) is 29.1 Å². The van der Waals surface area contributed by atoms with E-state index >= 15 is 0 Å². The van der Waals surface area contributed by atoms with Crippen molar-refractivity contribution in [3.05, 3.63) is 70.8 Å². The molecular formula is C19H17NO3. The molecule has 0 bridgehead atoms. The molecule has 0 radical (unpaired) electrons. The van der Waals surface area contributed by atoms with Crippen LogP contribution in [0.5, 0.6) is 11.5 Å². The van der Waals surface area contributed by atoms with Crippen molar-refractivity contribution >= 4 is 17.9 Å². The molecule has 0 spiro atoms. The van der Waals surface area contributed by atoms with Gasteiger partial charge in [-0.3, -0.25) is 4.79 Å². The third-order valence-electron chi connectivity index (χ3n) is 3.68. The number of hydrogen-bond donors (Lipinski definition) is 3. The zero-order valence-electron chi connectivity index (χ0n) is 12.5. The van der Waals surface area contributed by atoms with E-state index in [1.54, 1.807) is 48.5 Å². The number of ketones is 1. The van der Waals surface area contributed by atoms with Crippen LogP contribution in [0.2, 0.25) is 0 Å². The van der Waals surface area contributed by atoms with Crippen molar-refractivity contribution in [2.45, 2.75) is 0 Å². The minimum Gasteiger partial charge on any atom is -0.508 e. The van der Waals surface area contributed by atoms with E-state index in [-0.39, 0.29) is 17.3 Å². The molecule has 3 rings (SSSR count). The number of Topliss-reactive ketones (excluding diaryl/α,β-unsaturated/α-hetero) is 1. The Bertz CT molecular complexity index is 706. The number of nitrogens with one attached hydrogen (secondary N) is 1. The van der Waals surface area contributed by atoms with Gasteiger partial charge in [-0.15, -0.1) is 0 Å². The second-order valence-corrected chi connectivity index (χ2v) is 5.45. The molecule has 1 aliphatic heterocycles. The van der Waals surface area contributed by atoms with Crippen LogP contribution in [0.15, 0.2) is 59.7 Å². The number of carbonyl (C=O) groups excluding carboxylic acids is 1. The number of phenols is 2. The summed E-state index contributed by atoms with van der Waals surface area (Å²) in [4.78, 5) is 12.6. The quantitative estimate of drug-likeness (QED) is 0.746. The van der Waals surface area contributed by atoms with Gasteiger partial charge < -0.3 is 15.5 Å². The van der Waals surface area contributed by atoms with Gasteiger partial charge in [0.25, 0.3) is 0 Å². The van der Waals surface area contributed by atoms with E-state index in [2.05, 4.69) is 5.32 Å². The Kier molecular flexibility index (Phi) is 4.26. The van der Waals surface area contributed by atoms with E-state index in [9.17, 15) is 15.0 Å². The summed E-state index contributed by atoms with van der Waals surface area (Å²) in [6.45, 7) is 1.04. The molecule has 0 aliphatic carbocycles. The highest BCUT2D eigenvalue weighted by atomic mass is 16.3. The molecule has 1 aliphatic rings. The number of phenolic OH excluding ortho intramolecular Hbond substituents is 2. The predicted molar refractivity (Wildman–Crippen MR) is 90.0 cm³/mol. The molecular weight excluding hydrogens is 290 g/mol. The van der Waals surface area contributed by atoms with Gasteiger partial charge in [-0.2, -0.15) is 0 Å². The third-order valence-corrected chi connectivity index (χ3v) is 3.68. The normalized spacial score (nSPS) is 18.5. The van der Waals surface area contributed by atoms with Crippen LogP contribution in [0.4, 0.5) is 0 Å². The van der Waals surface area contributed by atoms with Crippen LogP contribution in [0.1, 0.15) is 11.1 Å². The van der Waals surface area contributed by atoms with Crippen molar-refractivity contribution in [2.75, 3.05) is 13.1 Å². The lowest BCUT2D eigenvalue weighted by Crippen LogP contribution is -2.32. The van der Waals surface area contributed by atoms with Gasteiger partial charge in [-0.25, -0.2) is 0 Å². The van der Waals surface area contributed by atoms with E-state index in [0.29, 0.717) is 24.2 Å². The Morgan fingerprint density at radius 3 is 1.52 bits per heavy atom. The highest BCUT2D eigenvalue weighted by Gasteiger charge is 2.20. The first-order valence-electron chi connectivity index (χ1n) is 7.36. The lowest BCUT2D eigenvalue weighted by atomic mass is 9.95. The van der Waals surface area contributed by atoms with Gasteiger partial charge in [0.2, 0.25) is 0 Å². The topological polar surface area (TPSA) is 69.6 Å². The average molecular weight is 307 g/mol. The van der Waals surface area contributed by atoms with Crippen LogP contribution in [-0.2, 0) is 4.79 Å². The number of rotatable bonds is 2. The third kappa shape index (κ3) is 3.67. The van der Waals surface area contributed by atoms with E-state index in [1.165, 1.54) is 0 Å². The molecule has 1 fully saturated rings. The molecule has 2 aromatic rings. The monoisotopic (exact) mass is 307 g/mol. The van der Waals surface area contributed by atoms with Crippen molar-refractivity contribution < 1.29 is 15.0 Å². The summed E-state index contributed by atoms with van der Waals surface area (Å²) in [5.74, 6) is 0.422. The molecule has 3 N–H and O–H groups in total. The zero-order chi connectivity index (χ0) is 16.2. The number of piperidine rings is 1. The molecule has 1 saturated heterocycles. The molecule has 23 heavy (non-hydrogen) atoms. The second-order valence-electron chi connectivity index (χ2n) is 5.45. The Balaban J connectivity index is 1.86. The van der Waals surface area contributed by atoms with Gasteiger partial charge in [-0.05, 0) is 47.5 Å². The number of hydrogen-bond acceptors (Lipinski definition) is 4. The van der Waals surface area contributed by atoms with Crippen molar-refractivity contribution in [2.24, 2.45) is 0 Å². The summed E-state index contributed by atoms with van der Waals surface area (Å²) in [7, 11) is 0. The standard InChI is InChI=1S/C19H17NO3/c21-17-5-1-13(2-6-17)9-15-11-20-12-16(19(15)23)10-14-3-7-18(22)8-4-14/h1-10,20-22H,11-12H2/b15-9+,16-10+. The number of benzene rings is 2. The van der Waals surface area contributed by atoms with Gasteiger partial charge in [0, 0.05) is 24.2 Å². The lowest BCUT2D eigenvalue weighted by Gasteiger charge is -2.18. The summed E-state index contributed by atoms with van der Waals surface area (Å²) in [6, 6.07) is 13.5. The van der Waals surface area contributed by atoms with Gasteiger partial charge >= 0.3 is 0 Å². The number of carbonyl (C=O) groups is 1. The van der Waals surface area contributed by atoms with Crippen molar-refractivity contribution in [1.29, 1.82) is 0 Å². The Labute approximate surface area is 134 Å². The molecule has 0 saturated carbocycles. The van der Waals surface area contributed by atoms with Crippen LogP contribution in [0.25, 0.3) is 12.2 Å². The number of aromatic hydroxyl groups is 2. The minimum atomic E-state index is 0.0184. The van der Waals surface area contributed by atoms with Crippen LogP contribution >= 0.6 is 0 Å². The fraction of sp³-hybridized carbons (Fsp3) is 0.105.